The molecule has 0 spiro atoms. The number of rotatable bonds is 16. The van der Waals surface area contributed by atoms with Crippen LogP contribution in [0.1, 0.15) is 128 Å². The Bertz CT molecular complexity index is 1010. The normalized spacial score (nSPS) is 23.4. The molecule has 2 fully saturated rings. The Morgan fingerprint density at radius 3 is 1.30 bits per heavy atom. The molecule has 2 aromatic carbocycles. The molecule has 0 saturated heterocycles. The number of ether oxygens (including phenoxy) is 1. The topological polar surface area (TPSA) is 9.23 Å². The van der Waals surface area contributed by atoms with Gasteiger partial charge in [-0.1, -0.05) is 102 Å². The van der Waals surface area contributed by atoms with Crippen molar-refractivity contribution in [3.63, 3.8) is 0 Å². The van der Waals surface area contributed by atoms with Gasteiger partial charge in [-0.05, 0) is 122 Å². The van der Waals surface area contributed by atoms with E-state index in [1.807, 2.05) is 24.3 Å². The summed E-state index contributed by atoms with van der Waals surface area (Å²) in [5, 5.41) is 0. The first-order chi connectivity index (χ1) is 21.1. The van der Waals surface area contributed by atoms with E-state index in [1.165, 1.54) is 114 Å². The largest absolute Gasteiger partial charge is 0.373 e. The second-order valence-corrected chi connectivity index (χ2v) is 13.3. The zero-order valence-corrected chi connectivity index (χ0v) is 27.0. The summed E-state index contributed by atoms with van der Waals surface area (Å²) in [7, 11) is 0. The quantitative estimate of drug-likeness (QED) is 0.177. The summed E-state index contributed by atoms with van der Waals surface area (Å²) >= 11 is 0. The van der Waals surface area contributed by atoms with Crippen LogP contribution < -0.4 is 0 Å². The number of hydrogen-bond donors (Lipinski definition) is 0. The van der Waals surface area contributed by atoms with Crippen LogP contribution in [0.3, 0.4) is 0 Å². The van der Waals surface area contributed by atoms with E-state index < -0.39 is 0 Å². The van der Waals surface area contributed by atoms with Crippen molar-refractivity contribution >= 4 is 11.1 Å². The van der Waals surface area contributed by atoms with Gasteiger partial charge in [-0.25, -0.2) is 8.78 Å². The predicted molar refractivity (Wildman–Crippen MR) is 179 cm³/mol. The molecule has 0 radical (unpaired) electrons. The highest BCUT2D eigenvalue weighted by Crippen LogP contribution is 2.41. The van der Waals surface area contributed by atoms with E-state index >= 15 is 0 Å². The summed E-state index contributed by atoms with van der Waals surface area (Å²) in [5.74, 6) is 2.35. The molecule has 2 aliphatic rings. The first-order valence-corrected chi connectivity index (χ1v) is 17.6. The second kappa shape index (κ2) is 18.5. The van der Waals surface area contributed by atoms with Crippen molar-refractivity contribution in [3.05, 3.63) is 83.4 Å². The van der Waals surface area contributed by atoms with Crippen LogP contribution in [0, 0.1) is 35.3 Å². The van der Waals surface area contributed by atoms with Gasteiger partial charge >= 0.3 is 0 Å². The Hall–Kier alpha value is -2.26. The molecule has 2 saturated carbocycles. The van der Waals surface area contributed by atoms with E-state index in [2.05, 4.69) is 26.0 Å². The van der Waals surface area contributed by atoms with Gasteiger partial charge in [-0.2, -0.15) is 0 Å². The zero-order chi connectivity index (χ0) is 30.3. The number of unbranched alkanes of at least 4 members (excludes halogenated alkanes) is 4. The second-order valence-electron chi connectivity index (χ2n) is 13.3. The third-order valence-electron chi connectivity index (χ3n) is 10.2. The van der Waals surface area contributed by atoms with Crippen LogP contribution in [0.2, 0.25) is 0 Å². The highest BCUT2D eigenvalue weighted by Gasteiger charge is 2.26. The van der Waals surface area contributed by atoms with E-state index in [9.17, 15) is 8.78 Å². The van der Waals surface area contributed by atoms with Crippen LogP contribution in [0.25, 0.3) is 11.1 Å². The van der Waals surface area contributed by atoms with Crippen molar-refractivity contribution in [2.75, 3.05) is 13.2 Å². The lowest BCUT2D eigenvalue weighted by Gasteiger charge is -2.31. The van der Waals surface area contributed by atoms with Gasteiger partial charge in [0.15, 0.2) is 0 Å². The third-order valence-corrected chi connectivity index (χ3v) is 10.2. The van der Waals surface area contributed by atoms with Gasteiger partial charge in [-0.3, -0.25) is 0 Å². The fourth-order valence-electron chi connectivity index (χ4n) is 7.58. The minimum Gasteiger partial charge on any atom is -0.373 e. The predicted octanol–water partition coefficient (Wildman–Crippen LogP) is 12.2. The maximum absolute atomic E-state index is 13.8. The van der Waals surface area contributed by atoms with Crippen LogP contribution in [0.15, 0.2) is 60.7 Å². The molecule has 2 aliphatic carbocycles. The zero-order valence-electron chi connectivity index (χ0n) is 27.0. The van der Waals surface area contributed by atoms with Gasteiger partial charge in [0.05, 0.1) is 13.2 Å². The fraction of sp³-hybridized carbons (Fsp3) is 0.600. The Morgan fingerprint density at radius 2 is 0.953 bits per heavy atom. The number of halogens is 2. The lowest BCUT2D eigenvalue weighted by atomic mass is 9.75. The molecular weight excluding hydrogens is 534 g/mol. The number of allylic oxidation sites excluding steroid dienone is 2. The third kappa shape index (κ3) is 11.0. The molecule has 1 nitrogen and oxygen atoms in total. The molecule has 0 atom stereocenters. The van der Waals surface area contributed by atoms with E-state index in [1.54, 1.807) is 24.3 Å². The smallest absolute Gasteiger partial charge is 0.123 e. The van der Waals surface area contributed by atoms with E-state index in [0.717, 1.165) is 23.0 Å². The van der Waals surface area contributed by atoms with Crippen molar-refractivity contribution < 1.29 is 13.5 Å². The molecule has 0 aliphatic heterocycles. The minimum absolute atomic E-state index is 0.188. The van der Waals surface area contributed by atoms with Crippen molar-refractivity contribution in [2.24, 2.45) is 23.7 Å². The summed E-state index contributed by atoms with van der Waals surface area (Å²) in [5.41, 5.74) is 4.88. The molecule has 3 heteroatoms. The molecule has 2 aromatic rings. The molecular formula is C40H56F2O. The maximum Gasteiger partial charge on any atom is 0.123 e. The van der Waals surface area contributed by atoms with Crippen molar-refractivity contribution in [1.29, 1.82) is 0 Å². The lowest BCUT2D eigenvalue weighted by molar-refractivity contribution is 0.193. The molecule has 0 amide bonds. The van der Waals surface area contributed by atoms with Crippen LogP contribution in [0.5, 0.6) is 0 Å². The SMILES string of the molecule is CCCCCC1CCC(C(=CCOCC=C(c2ccc(F)cc2)C2CCC(CCCCC)CC2)c2ccc(F)cc2)CC1. The summed E-state index contributed by atoms with van der Waals surface area (Å²) in [6, 6.07) is 14.0. The highest BCUT2D eigenvalue weighted by molar-refractivity contribution is 5.68. The average molecular weight is 591 g/mol. The summed E-state index contributed by atoms with van der Waals surface area (Å²) < 4.78 is 33.7. The van der Waals surface area contributed by atoms with Crippen LogP contribution in [0.4, 0.5) is 8.78 Å². The lowest BCUT2D eigenvalue weighted by Crippen LogP contribution is -2.17. The minimum atomic E-state index is -0.188. The molecule has 0 bridgehead atoms. The number of benzene rings is 2. The Kier molecular flexibility index (Phi) is 14.5. The van der Waals surface area contributed by atoms with Crippen molar-refractivity contribution in [1.82, 2.24) is 0 Å². The van der Waals surface area contributed by atoms with E-state index in [-0.39, 0.29) is 11.6 Å². The molecule has 0 aromatic heterocycles. The average Bonchev–Trinajstić information content (AvgIpc) is 3.03. The van der Waals surface area contributed by atoms with Gasteiger partial charge < -0.3 is 4.74 Å². The highest BCUT2D eigenvalue weighted by atomic mass is 19.1. The number of hydrogen-bond acceptors (Lipinski definition) is 1. The van der Waals surface area contributed by atoms with Crippen molar-refractivity contribution in [3.8, 4) is 0 Å². The van der Waals surface area contributed by atoms with E-state index in [0.29, 0.717) is 25.0 Å². The van der Waals surface area contributed by atoms with Gasteiger partial charge in [-0.15, -0.1) is 0 Å². The Morgan fingerprint density at radius 1 is 0.581 bits per heavy atom. The first-order valence-electron chi connectivity index (χ1n) is 17.6. The van der Waals surface area contributed by atoms with Gasteiger partial charge in [0, 0.05) is 0 Å². The molecule has 236 valence electrons. The fourth-order valence-corrected chi connectivity index (χ4v) is 7.58. The first kappa shape index (κ1) is 33.6. The van der Waals surface area contributed by atoms with Gasteiger partial charge in [0.2, 0.25) is 0 Å². The molecule has 0 heterocycles. The van der Waals surface area contributed by atoms with Crippen LogP contribution in [-0.2, 0) is 4.74 Å². The Labute approximate surface area is 261 Å². The van der Waals surface area contributed by atoms with E-state index in [4.69, 9.17) is 4.74 Å². The monoisotopic (exact) mass is 590 g/mol. The van der Waals surface area contributed by atoms with Crippen molar-refractivity contribution in [2.45, 2.75) is 117 Å². The standard InChI is InChI=1S/C40H56F2O/c1-3-5-7-9-31-11-15-33(16-12-31)39(35-19-23-37(41)24-20-35)27-29-43-30-28-40(36-21-25-38(42)26-22-36)34-17-13-32(14-18-34)10-8-6-4-2/h19-28,31-34H,3-18,29-30H2,1-2H3. The molecule has 0 unspecified atom stereocenters. The van der Waals surface area contributed by atoms with Gasteiger partial charge in [0.1, 0.15) is 11.6 Å². The maximum atomic E-state index is 13.8. The Balaban J connectivity index is 1.38. The molecule has 43 heavy (non-hydrogen) atoms. The summed E-state index contributed by atoms with van der Waals surface area (Å²) in [6.07, 6.45) is 25.2. The van der Waals surface area contributed by atoms with Gasteiger partial charge in [0.25, 0.3) is 0 Å². The van der Waals surface area contributed by atoms with Crippen LogP contribution >= 0.6 is 0 Å². The summed E-state index contributed by atoms with van der Waals surface area (Å²) in [4.78, 5) is 0. The summed E-state index contributed by atoms with van der Waals surface area (Å²) in [6.45, 7) is 5.64. The molecule has 0 N–H and O–H groups in total. The van der Waals surface area contributed by atoms with Crippen LogP contribution in [-0.4, -0.2) is 13.2 Å². The molecule has 4 rings (SSSR count).